The molecule has 0 radical (unpaired) electrons. The van der Waals surface area contributed by atoms with Gasteiger partial charge in [-0.2, -0.15) is 5.26 Å². The molecule has 2 unspecified atom stereocenters. The van der Waals surface area contributed by atoms with Gasteiger partial charge >= 0.3 is 0 Å². The Hall–Kier alpha value is -2.06. The van der Waals surface area contributed by atoms with Crippen molar-refractivity contribution in [1.29, 1.82) is 5.26 Å². The minimum atomic E-state index is -0.630. The smallest absolute Gasteiger partial charge is 0.241 e. The Bertz CT molecular complexity index is 563. The average molecular weight is 271 g/mol. The van der Waals surface area contributed by atoms with Crippen LogP contribution in [0.1, 0.15) is 18.4 Å². The monoisotopic (exact) mass is 271 g/mol. The second-order valence-corrected chi connectivity index (χ2v) is 5.67. The Balaban J connectivity index is 1.67. The minimum absolute atomic E-state index is 0.130. The summed E-state index contributed by atoms with van der Waals surface area (Å²) < 4.78 is 0. The van der Waals surface area contributed by atoms with E-state index < -0.39 is 6.04 Å². The number of amides is 1. The van der Waals surface area contributed by atoms with Gasteiger partial charge in [-0.25, -0.2) is 0 Å². The number of benzene rings is 1. The second kappa shape index (κ2) is 4.80. The first-order chi connectivity index (χ1) is 9.60. The molecule has 20 heavy (non-hydrogen) atoms. The predicted octanol–water partition coefficient (Wildman–Crippen LogP) is 0.775. The molecule has 1 aromatic carbocycles. The third kappa shape index (κ3) is 2.23. The van der Waals surface area contributed by atoms with Crippen LogP contribution in [0.25, 0.3) is 0 Å². The standard InChI is InChI=1S/C15H17N3O2/c16-8-11-6-10-7-14(10)18(11)15(20)13(17)5-9-1-3-12(19)4-2-9/h1-4,10-11,13-14,19H,5-7,17H2/t10-,11+,13?,14?/m1/s1. The fraction of sp³-hybridized carbons (Fsp3) is 0.467. The van der Waals surface area contributed by atoms with Crippen LogP contribution >= 0.6 is 0 Å². The summed E-state index contributed by atoms with van der Waals surface area (Å²) in [6.45, 7) is 0. The normalized spacial score (nSPS) is 28.6. The van der Waals surface area contributed by atoms with E-state index in [1.54, 1.807) is 29.2 Å². The van der Waals surface area contributed by atoms with Crippen LogP contribution in [0.4, 0.5) is 0 Å². The van der Waals surface area contributed by atoms with Gasteiger partial charge in [0.1, 0.15) is 11.8 Å². The summed E-state index contributed by atoms with van der Waals surface area (Å²) in [6.07, 6.45) is 2.22. The number of nitrogens with zero attached hydrogens (tertiary/aromatic N) is 2. The van der Waals surface area contributed by atoms with Crippen LogP contribution in [0.3, 0.4) is 0 Å². The average Bonchev–Trinajstić information content (AvgIpc) is 3.11. The number of hydrogen-bond acceptors (Lipinski definition) is 4. The molecule has 3 rings (SSSR count). The summed E-state index contributed by atoms with van der Waals surface area (Å²) in [7, 11) is 0. The van der Waals surface area contributed by atoms with Gasteiger partial charge in [0.25, 0.3) is 0 Å². The van der Waals surface area contributed by atoms with Crippen molar-refractivity contribution in [2.45, 2.75) is 37.4 Å². The van der Waals surface area contributed by atoms with Crippen LogP contribution in [0.5, 0.6) is 5.75 Å². The predicted molar refractivity (Wildman–Crippen MR) is 72.5 cm³/mol. The number of nitriles is 1. The van der Waals surface area contributed by atoms with Crippen molar-refractivity contribution in [3.63, 3.8) is 0 Å². The largest absolute Gasteiger partial charge is 0.508 e. The van der Waals surface area contributed by atoms with Crippen molar-refractivity contribution in [3.8, 4) is 11.8 Å². The number of hydrogen-bond donors (Lipinski definition) is 2. The van der Waals surface area contributed by atoms with E-state index in [1.807, 2.05) is 0 Å². The third-order valence-electron chi connectivity index (χ3n) is 4.22. The zero-order valence-corrected chi connectivity index (χ0v) is 11.1. The van der Waals surface area contributed by atoms with Gasteiger partial charge in [-0.15, -0.1) is 0 Å². The van der Waals surface area contributed by atoms with Crippen LogP contribution in [0, 0.1) is 17.2 Å². The first-order valence-electron chi connectivity index (χ1n) is 6.85. The fourth-order valence-corrected chi connectivity index (χ4v) is 3.05. The molecule has 3 N–H and O–H groups in total. The molecule has 1 aliphatic carbocycles. The molecule has 2 fully saturated rings. The molecule has 1 saturated carbocycles. The maximum absolute atomic E-state index is 12.4. The number of phenols is 1. The lowest BCUT2D eigenvalue weighted by atomic mass is 10.0. The van der Waals surface area contributed by atoms with Gasteiger partial charge in [-0.05, 0) is 42.9 Å². The Morgan fingerprint density at radius 2 is 2.15 bits per heavy atom. The number of nitrogens with two attached hydrogens (primary N) is 1. The lowest BCUT2D eigenvalue weighted by Crippen LogP contribution is -2.48. The topological polar surface area (TPSA) is 90.4 Å². The van der Waals surface area contributed by atoms with E-state index in [1.165, 1.54) is 0 Å². The highest BCUT2D eigenvalue weighted by molar-refractivity contribution is 5.83. The molecule has 0 bridgehead atoms. The molecular weight excluding hydrogens is 254 g/mol. The van der Waals surface area contributed by atoms with Gasteiger partial charge in [0.15, 0.2) is 0 Å². The van der Waals surface area contributed by atoms with Crippen molar-refractivity contribution in [2.75, 3.05) is 0 Å². The third-order valence-corrected chi connectivity index (χ3v) is 4.22. The lowest BCUT2D eigenvalue weighted by Gasteiger charge is -2.26. The summed E-state index contributed by atoms with van der Waals surface area (Å²) in [5.74, 6) is 0.567. The molecular formula is C15H17N3O2. The molecule has 1 heterocycles. The molecule has 4 atom stereocenters. The van der Waals surface area contributed by atoms with Gasteiger partial charge in [-0.3, -0.25) is 4.79 Å². The number of carbonyl (C=O) groups is 1. The highest BCUT2D eigenvalue weighted by Crippen LogP contribution is 2.47. The van der Waals surface area contributed by atoms with Crippen molar-refractivity contribution in [3.05, 3.63) is 29.8 Å². The van der Waals surface area contributed by atoms with Crippen LogP contribution < -0.4 is 5.73 Å². The number of piperidine rings is 1. The zero-order chi connectivity index (χ0) is 14.3. The van der Waals surface area contributed by atoms with Crippen molar-refractivity contribution in [1.82, 2.24) is 4.90 Å². The highest BCUT2D eigenvalue weighted by atomic mass is 16.3. The lowest BCUT2D eigenvalue weighted by molar-refractivity contribution is -0.133. The van der Waals surface area contributed by atoms with Crippen LogP contribution in [0.2, 0.25) is 0 Å². The number of carbonyl (C=O) groups excluding carboxylic acids is 1. The Morgan fingerprint density at radius 3 is 2.80 bits per heavy atom. The number of likely N-dealkylation sites (tertiary alicyclic amines) is 1. The van der Waals surface area contributed by atoms with Crippen LogP contribution in [-0.4, -0.2) is 34.0 Å². The van der Waals surface area contributed by atoms with E-state index >= 15 is 0 Å². The van der Waals surface area contributed by atoms with E-state index in [2.05, 4.69) is 6.07 Å². The van der Waals surface area contributed by atoms with Crippen LogP contribution in [0.15, 0.2) is 24.3 Å². The summed E-state index contributed by atoms with van der Waals surface area (Å²) in [4.78, 5) is 14.1. The molecule has 1 aliphatic heterocycles. The summed E-state index contributed by atoms with van der Waals surface area (Å²) in [6, 6.07) is 8.17. The SMILES string of the molecule is N#C[C@@H]1C[C@@H]2CC2N1C(=O)C(N)Cc1ccc(O)cc1. The van der Waals surface area contributed by atoms with Crippen molar-refractivity contribution >= 4 is 5.91 Å². The van der Waals surface area contributed by atoms with E-state index in [9.17, 15) is 9.90 Å². The number of aromatic hydroxyl groups is 1. The first-order valence-corrected chi connectivity index (χ1v) is 6.85. The number of phenolic OH excluding ortho intramolecular Hbond substituents is 1. The van der Waals surface area contributed by atoms with Crippen molar-refractivity contribution < 1.29 is 9.90 Å². The van der Waals surface area contributed by atoms with Crippen molar-refractivity contribution in [2.24, 2.45) is 11.7 Å². The Labute approximate surface area is 117 Å². The molecule has 5 heteroatoms. The molecule has 0 spiro atoms. The molecule has 1 amide bonds. The van der Waals surface area contributed by atoms with E-state index in [0.717, 1.165) is 18.4 Å². The molecule has 0 aromatic heterocycles. The van der Waals surface area contributed by atoms with E-state index in [0.29, 0.717) is 12.3 Å². The Morgan fingerprint density at radius 1 is 1.45 bits per heavy atom. The van der Waals surface area contributed by atoms with Crippen LogP contribution in [-0.2, 0) is 11.2 Å². The van der Waals surface area contributed by atoms with Gasteiger partial charge < -0.3 is 15.7 Å². The molecule has 5 nitrogen and oxygen atoms in total. The molecule has 1 aromatic rings. The molecule has 2 aliphatic rings. The highest BCUT2D eigenvalue weighted by Gasteiger charge is 2.54. The Kier molecular flexibility index (Phi) is 3.11. The number of fused-ring (bicyclic) bond motifs is 1. The molecule has 1 saturated heterocycles. The first kappa shape index (κ1) is 12.9. The molecule has 104 valence electrons. The van der Waals surface area contributed by atoms with E-state index in [-0.39, 0.29) is 23.7 Å². The second-order valence-electron chi connectivity index (χ2n) is 5.67. The zero-order valence-electron chi connectivity index (χ0n) is 11.1. The summed E-state index contributed by atoms with van der Waals surface area (Å²) in [5.41, 5.74) is 6.91. The maximum atomic E-state index is 12.4. The minimum Gasteiger partial charge on any atom is -0.508 e. The quantitative estimate of drug-likeness (QED) is 0.849. The summed E-state index contributed by atoms with van der Waals surface area (Å²) in [5, 5.41) is 18.4. The summed E-state index contributed by atoms with van der Waals surface area (Å²) >= 11 is 0. The fourth-order valence-electron chi connectivity index (χ4n) is 3.05. The van der Waals surface area contributed by atoms with E-state index in [4.69, 9.17) is 11.0 Å². The maximum Gasteiger partial charge on any atom is 0.241 e. The number of rotatable bonds is 3. The van der Waals surface area contributed by atoms with Gasteiger partial charge in [0.05, 0.1) is 12.1 Å². The van der Waals surface area contributed by atoms with Gasteiger partial charge in [0, 0.05) is 6.04 Å². The van der Waals surface area contributed by atoms with Gasteiger partial charge in [-0.1, -0.05) is 12.1 Å². The van der Waals surface area contributed by atoms with Gasteiger partial charge in [0.2, 0.25) is 5.91 Å².